The van der Waals surface area contributed by atoms with E-state index in [0.29, 0.717) is 19.3 Å². The number of unbranched alkanes of at least 4 members (excludes halogenated alkanes) is 18. The third-order valence-corrected chi connectivity index (χ3v) is 9.91. The number of hydrogen-bond donors (Lipinski definition) is 0. The molecule has 6 nitrogen and oxygen atoms in total. The average Bonchev–Trinajstić information content (AvgIpc) is 3.23. The highest BCUT2D eigenvalue weighted by atomic mass is 16.6. The number of rotatable bonds is 42. The molecule has 0 saturated carbocycles. The molecule has 6 heteroatoms. The summed E-state index contributed by atoms with van der Waals surface area (Å²) in [4.78, 5) is 37.8. The van der Waals surface area contributed by atoms with E-state index >= 15 is 0 Å². The monoisotopic (exact) mass is 821 g/mol. The molecule has 0 bridgehead atoms. The molecule has 0 aromatic carbocycles. The lowest BCUT2D eigenvalue weighted by molar-refractivity contribution is -0.167. The van der Waals surface area contributed by atoms with Crippen molar-refractivity contribution >= 4 is 17.9 Å². The third-order valence-electron chi connectivity index (χ3n) is 9.91. The van der Waals surface area contributed by atoms with Gasteiger partial charge >= 0.3 is 17.9 Å². The van der Waals surface area contributed by atoms with Crippen LogP contribution in [0.2, 0.25) is 0 Å². The summed E-state index contributed by atoms with van der Waals surface area (Å²) in [5.74, 6) is -0.996. The zero-order valence-corrected chi connectivity index (χ0v) is 38.2. The Labute approximate surface area is 363 Å². The smallest absolute Gasteiger partial charge is 0.306 e. The summed E-state index contributed by atoms with van der Waals surface area (Å²) in [5, 5.41) is 0. The normalized spacial score (nSPS) is 12.8. The van der Waals surface area contributed by atoms with E-state index in [0.717, 1.165) is 89.9 Å². The zero-order valence-electron chi connectivity index (χ0n) is 38.2. The van der Waals surface area contributed by atoms with Crippen LogP contribution in [-0.2, 0) is 28.6 Å². The molecule has 0 rings (SSSR count). The second-order valence-electron chi connectivity index (χ2n) is 15.7. The van der Waals surface area contributed by atoms with Gasteiger partial charge in [0.2, 0.25) is 0 Å². The van der Waals surface area contributed by atoms with Crippen LogP contribution in [0.4, 0.5) is 0 Å². The Balaban J connectivity index is 4.50. The SMILES string of the molecule is CC/C=C\C/C=C\C/C=C\C/C=C\C/C=C\CCCC(=O)OCC(COC(=O)CCCCC/C=C\C=C/CCCC)OC(=O)CCCCCCCCCCCCCCC. The van der Waals surface area contributed by atoms with Gasteiger partial charge in [-0.25, -0.2) is 0 Å². The van der Waals surface area contributed by atoms with Crippen LogP contribution in [0.1, 0.15) is 213 Å². The van der Waals surface area contributed by atoms with E-state index in [4.69, 9.17) is 14.2 Å². The van der Waals surface area contributed by atoms with Gasteiger partial charge in [0.15, 0.2) is 6.10 Å². The summed E-state index contributed by atoms with van der Waals surface area (Å²) in [5.41, 5.74) is 0. The van der Waals surface area contributed by atoms with E-state index in [9.17, 15) is 14.4 Å². The van der Waals surface area contributed by atoms with Crippen LogP contribution in [-0.4, -0.2) is 37.2 Å². The van der Waals surface area contributed by atoms with Crippen LogP contribution in [0.5, 0.6) is 0 Å². The van der Waals surface area contributed by atoms with Crippen LogP contribution < -0.4 is 0 Å². The largest absolute Gasteiger partial charge is 0.462 e. The fourth-order valence-electron chi connectivity index (χ4n) is 6.28. The average molecular weight is 821 g/mol. The molecule has 0 aromatic rings. The van der Waals surface area contributed by atoms with Gasteiger partial charge in [0.25, 0.3) is 0 Å². The number of allylic oxidation sites excluding steroid dienone is 14. The molecule has 336 valence electrons. The summed E-state index contributed by atoms with van der Waals surface area (Å²) in [7, 11) is 0. The van der Waals surface area contributed by atoms with Crippen molar-refractivity contribution in [3.63, 3.8) is 0 Å². The molecule has 1 atom stereocenters. The van der Waals surface area contributed by atoms with E-state index in [2.05, 4.69) is 106 Å². The molecule has 0 fully saturated rings. The molecule has 0 heterocycles. The highest BCUT2D eigenvalue weighted by Gasteiger charge is 2.19. The minimum absolute atomic E-state index is 0.108. The second-order valence-corrected chi connectivity index (χ2v) is 15.7. The Morgan fingerprint density at radius 2 is 0.746 bits per heavy atom. The van der Waals surface area contributed by atoms with Gasteiger partial charge in [-0.2, -0.15) is 0 Å². The molecule has 0 aliphatic carbocycles. The minimum Gasteiger partial charge on any atom is -0.462 e. The van der Waals surface area contributed by atoms with Crippen LogP contribution in [0, 0.1) is 0 Å². The lowest BCUT2D eigenvalue weighted by Crippen LogP contribution is -2.30. The predicted octanol–water partition coefficient (Wildman–Crippen LogP) is 15.6. The molecule has 0 amide bonds. The Kier molecular flexibility index (Phi) is 44.5. The zero-order chi connectivity index (χ0) is 43.0. The Bertz CT molecular complexity index is 1170. The fraction of sp³-hybridized carbons (Fsp3) is 0.679. The first-order valence-electron chi connectivity index (χ1n) is 24.1. The Hall–Kier alpha value is -3.41. The van der Waals surface area contributed by atoms with Crippen molar-refractivity contribution in [2.24, 2.45) is 0 Å². The molecular weight excluding hydrogens is 733 g/mol. The minimum atomic E-state index is -0.807. The molecule has 0 N–H and O–H groups in total. The van der Waals surface area contributed by atoms with Crippen LogP contribution in [0.25, 0.3) is 0 Å². The first-order chi connectivity index (χ1) is 29.0. The molecule has 0 radical (unpaired) electrons. The van der Waals surface area contributed by atoms with Gasteiger partial charge in [0.1, 0.15) is 13.2 Å². The maximum atomic E-state index is 12.7. The molecule has 0 aliphatic heterocycles. The van der Waals surface area contributed by atoms with Gasteiger partial charge in [-0.05, 0) is 77.0 Å². The summed E-state index contributed by atoms with van der Waals surface area (Å²) in [6.45, 7) is 6.38. The van der Waals surface area contributed by atoms with Crippen molar-refractivity contribution in [1.82, 2.24) is 0 Å². The quantitative estimate of drug-likeness (QED) is 0.0201. The Morgan fingerprint density at radius 3 is 1.24 bits per heavy atom. The van der Waals surface area contributed by atoms with Crippen LogP contribution >= 0.6 is 0 Å². The summed E-state index contributed by atoms with van der Waals surface area (Å²) >= 11 is 0. The third kappa shape index (κ3) is 45.5. The van der Waals surface area contributed by atoms with E-state index in [-0.39, 0.29) is 37.5 Å². The predicted molar refractivity (Wildman–Crippen MR) is 251 cm³/mol. The standard InChI is InChI=1S/C53H88O6/c1-4-7-10-13-16-19-22-24-25-26-27-29-31-34-37-40-43-46-52(55)58-49-50(48-57-51(54)45-42-39-36-33-30-21-18-15-12-9-6-3)59-53(56)47-44-41-38-35-32-28-23-20-17-14-11-8-5-2/h7,10,15-16,18-19,21,24-25,27,29-30,34,37,50H,4-6,8-9,11-14,17,20,22-23,26,28,31-33,35-36,38-49H2,1-3H3/b10-7-,18-15-,19-16-,25-24-,29-27-,30-21-,37-34-. The second kappa shape index (κ2) is 47.3. The number of ether oxygens (including phenoxy) is 3. The number of hydrogen-bond acceptors (Lipinski definition) is 6. The molecular formula is C53H88O6. The number of carbonyl (C=O) groups is 3. The first-order valence-corrected chi connectivity index (χ1v) is 24.1. The molecule has 0 aromatic heterocycles. The van der Waals surface area contributed by atoms with Crippen molar-refractivity contribution in [3.8, 4) is 0 Å². The van der Waals surface area contributed by atoms with Crippen LogP contribution in [0.15, 0.2) is 85.1 Å². The highest BCUT2D eigenvalue weighted by Crippen LogP contribution is 2.14. The molecule has 1 unspecified atom stereocenters. The summed E-state index contributed by atoms with van der Waals surface area (Å²) in [6.07, 6.45) is 60.0. The first kappa shape index (κ1) is 55.6. The van der Waals surface area contributed by atoms with Gasteiger partial charge in [-0.1, -0.05) is 202 Å². The van der Waals surface area contributed by atoms with E-state index in [1.807, 2.05) is 0 Å². The maximum absolute atomic E-state index is 12.7. The summed E-state index contributed by atoms with van der Waals surface area (Å²) < 4.78 is 16.7. The lowest BCUT2D eigenvalue weighted by Gasteiger charge is -2.18. The molecule has 0 spiro atoms. The van der Waals surface area contributed by atoms with E-state index in [1.54, 1.807) is 0 Å². The van der Waals surface area contributed by atoms with Crippen molar-refractivity contribution in [1.29, 1.82) is 0 Å². The lowest BCUT2D eigenvalue weighted by atomic mass is 10.0. The number of esters is 3. The van der Waals surface area contributed by atoms with E-state index in [1.165, 1.54) is 77.0 Å². The topological polar surface area (TPSA) is 78.9 Å². The van der Waals surface area contributed by atoms with Crippen molar-refractivity contribution in [3.05, 3.63) is 85.1 Å². The number of carbonyl (C=O) groups excluding carboxylic acids is 3. The maximum Gasteiger partial charge on any atom is 0.306 e. The van der Waals surface area contributed by atoms with Gasteiger partial charge in [0, 0.05) is 19.3 Å². The van der Waals surface area contributed by atoms with Crippen molar-refractivity contribution < 1.29 is 28.6 Å². The van der Waals surface area contributed by atoms with E-state index < -0.39 is 6.10 Å². The van der Waals surface area contributed by atoms with Gasteiger partial charge < -0.3 is 14.2 Å². The highest BCUT2D eigenvalue weighted by molar-refractivity contribution is 5.71. The fourth-order valence-corrected chi connectivity index (χ4v) is 6.28. The van der Waals surface area contributed by atoms with Crippen molar-refractivity contribution in [2.75, 3.05) is 13.2 Å². The van der Waals surface area contributed by atoms with Gasteiger partial charge in [-0.15, -0.1) is 0 Å². The van der Waals surface area contributed by atoms with Gasteiger partial charge in [-0.3, -0.25) is 14.4 Å². The van der Waals surface area contributed by atoms with Crippen molar-refractivity contribution in [2.45, 2.75) is 219 Å². The molecule has 0 saturated heterocycles. The van der Waals surface area contributed by atoms with Crippen LogP contribution in [0.3, 0.4) is 0 Å². The summed E-state index contributed by atoms with van der Waals surface area (Å²) in [6, 6.07) is 0. The van der Waals surface area contributed by atoms with Gasteiger partial charge in [0.05, 0.1) is 0 Å². The molecule has 59 heavy (non-hydrogen) atoms. The molecule has 0 aliphatic rings. The Morgan fingerprint density at radius 1 is 0.373 bits per heavy atom.